The van der Waals surface area contributed by atoms with Crippen molar-refractivity contribution in [1.82, 2.24) is 24.8 Å². The van der Waals surface area contributed by atoms with Crippen molar-refractivity contribution in [2.45, 2.75) is 51.1 Å². The highest BCUT2D eigenvalue weighted by atomic mass is 16.1. The summed E-state index contributed by atoms with van der Waals surface area (Å²) in [5, 5.41) is 3.53. The molecule has 2 fully saturated rings. The van der Waals surface area contributed by atoms with Gasteiger partial charge in [0.15, 0.2) is 0 Å². The molecule has 1 aromatic carbocycles. The summed E-state index contributed by atoms with van der Waals surface area (Å²) in [6.07, 6.45) is 3.39. The van der Waals surface area contributed by atoms with Crippen LogP contribution in [0.1, 0.15) is 53.7 Å². The van der Waals surface area contributed by atoms with Gasteiger partial charge in [0.2, 0.25) is 0 Å². The number of fused-ring (bicyclic) bond motifs is 5. The first-order chi connectivity index (χ1) is 15.2. The number of pyridine rings is 1. The summed E-state index contributed by atoms with van der Waals surface area (Å²) in [6.45, 7) is 7.83. The fourth-order valence-corrected chi connectivity index (χ4v) is 5.95. The van der Waals surface area contributed by atoms with Crippen LogP contribution in [0.3, 0.4) is 0 Å². The third kappa shape index (κ3) is 3.42. The molecule has 0 unspecified atom stereocenters. The standard InChI is InChI=1S/C25H31N5O/c1-16-3-2-4-21-23(16)28-24(27-21)18-7-9-29(10-8-18)15-19-5-6-22-20-11-17(12-26-13-20)14-30(22)25(19)31/h2-6,17-18,20,26H,7-15H2,1H3,(H,27,28)/t17-,20+/m0/s1. The number of imidazole rings is 1. The van der Waals surface area contributed by atoms with Gasteiger partial charge in [-0.1, -0.05) is 18.2 Å². The fraction of sp³-hybridized carbons (Fsp3) is 0.520. The molecule has 0 aliphatic carbocycles. The van der Waals surface area contributed by atoms with E-state index in [2.05, 4.69) is 57.0 Å². The number of nitrogens with zero attached hydrogens (tertiary/aromatic N) is 3. The Morgan fingerprint density at radius 3 is 2.81 bits per heavy atom. The summed E-state index contributed by atoms with van der Waals surface area (Å²) in [5.74, 6) is 2.69. The topological polar surface area (TPSA) is 66.0 Å². The molecule has 6 rings (SSSR count). The van der Waals surface area contributed by atoms with E-state index in [1.165, 1.54) is 17.7 Å². The molecule has 0 spiro atoms. The van der Waals surface area contributed by atoms with Gasteiger partial charge in [-0.2, -0.15) is 0 Å². The van der Waals surface area contributed by atoms with E-state index >= 15 is 0 Å². The molecule has 2 atom stereocenters. The molecule has 2 bridgehead atoms. The summed E-state index contributed by atoms with van der Waals surface area (Å²) < 4.78 is 2.08. The molecular formula is C25H31N5O. The van der Waals surface area contributed by atoms with Gasteiger partial charge in [0.1, 0.15) is 5.82 Å². The van der Waals surface area contributed by atoms with Crippen molar-refractivity contribution in [3.8, 4) is 0 Å². The predicted octanol–water partition coefficient (Wildman–Crippen LogP) is 3.12. The van der Waals surface area contributed by atoms with Crippen LogP contribution >= 0.6 is 0 Å². The van der Waals surface area contributed by atoms with Crippen molar-refractivity contribution < 1.29 is 0 Å². The van der Waals surface area contributed by atoms with E-state index in [0.29, 0.717) is 17.8 Å². The van der Waals surface area contributed by atoms with Gasteiger partial charge in [0.25, 0.3) is 5.56 Å². The van der Waals surface area contributed by atoms with Crippen LogP contribution in [0.2, 0.25) is 0 Å². The lowest BCUT2D eigenvalue weighted by Gasteiger charge is -2.38. The molecule has 3 aliphatic heterocycles. The molecule has 6 heteroatoms. The third-order valence-electron chi connectivity index (χ3n) is 7.69. The van der Waals surface area contributed by atoms with Gasteiger partial charge in [-0.05, 0) is 69.4 Å². The van der Waals surface area contributed by atoms with Crippen molar-refractivity contribution >= 4 is 11.0 Å². The number of benzene rings is 1. The summed E-state index contributed by atoms with van der Waals surface area (Å²) >= 11 is 0. The van der Waals surface area contributed by atoms with Crippen LogP contribution in [-0.2, 0) is 13.1 Å². The first-order valence-electron chi connectivity index (χ1n) is 11.8. The van der Waals surface area contributed by atoms with E-state index in [0.717, 1.165) is 74.5 Å². The minimum atomic E-state index is 0.240. The molecule has 2 saturated heterocycles. The smallest absolute Gasteiger partial charge is 0.255 e. The Kier molecular flexibility index (Phi) is 4.73. The summed E-state index contributed by atoms with van der Waals surface area (Å²) in [4.78, 5) is 24.1. The predicted molar refractivity (Wildman–Crippen MR) is 123 cm³/mol. The lowest BCUT2D eigenvalue weighted by molar-refractivity contribution is 0.200. The SMILES string of the molecule is Cc1cccc2[nH]c(C3CCN(Cc4ccc5n(c4=O)C[C@@H]4CNC[C@H]5C4)CC3)nc12. The molecule has 6 nitrogen and oxygen atoms in total. The molecule has 3 aromatic rings. The van der Waals surface area contributed by atoms with Crippen molar-refractivity contribution in [3.05, 3.63) is 63.3 Å². The minimum absolute atomic E-state index is 0.240. The van der Waals surface area contributed by atoms with E-state index < -0.39 is 0 Å². The molecule has 2 N–H and O–H groups in total. The van der Waals surface area contributed by atoms with Crippen LogP contribution in [0.5, 0.6) is 0 Å². The van der Waals surface area contributed by atoms with Gasteiger partial charge < -0.3 is 14.9 Å². The second-order valence-electron chi connectivity index (χ2n) is 9.80. The zero-order chi connectivity index (χ0) is 20.9. The Hall–Kier alpha value is -2.44. The van der Waals surface area contributed by atoms with E-state index in [1.54, 1.807) is 0 Å². The van der Waals surface area contributed by atoms with Gasteiger partial charge in [0, 0.05) is 42.7 Å². The van der Waals surface area contributed by atoms with Gasteiger partial charge in [-0.25, -0.2) is 4.98 Å². The van der Waals surface area contributed by atoms with Crippen LogP contribution < -0.4 is 10.9 Å². The zero-order valence-corrected chi connectivity index (χ0v) is 18.2. The van der Waals surface area contributed by atoms with Crippen molar-refractivity contribution in [1.29, 1.82) is 0 Å². The largest absolute Gasteiger partial charge is 0.342 e. The number of rotatable bonds is 3. The number of aromatic nitrogens is 3. The number of likely N-dealkylation sites (tertiary alicyclic amines) is 1. The Morgan fingerprint density at radius 2 is 1.97 bits per heavy atom. The quantitative estimate of drug-likeness (QED) is 0.687. The molecular weight excluding hydrogens is 386 g/mol. The van der Waals surface area contributed by atoms with E-state index in [9.17, 15) is 4.79 Å². The van der Waals surface area contributed by atoms with Crippen molar-refractivity contribution in [2.75, 3.05) is 26.2 Å². The molecule has 31 heavy (non-hydrogen) atoms. The van der Waals surface area contributed by atoms with Crippen LogP contribution in [0.15, 0.2) is 35.1 Å². The lowest BCUT2D eigenvalue weighted by atomic mass is 9.84. The minimum Gasteiger partial charge on any atom is -0.342 e. The average molecular weight is 418 g/mol. The highest BCUT2D eigenvalue weighted by molar-refractivity contribution is 5.78. The van der Waals surface area contributed by atoms with Crippen molar-refractivity contribution in [2.24, 2.45) is 5.92 Å². The summed E-state index contributed by atoms with van der Waals surface area (Å²) in [5.41, 5.74) is 5.89. The Morgan fingerprint density at radius 1 is 1.10 bits per heavy atom. The van der Waals surface area contributed by atoms with E-state index in [4.69, 9.17) is 4.98 Å². The van der Waals surface area contributed by atoms with Crippen LogP contribution in [0.4, 0.5) is 0 Å². The normalized spacial score (nSPS) is 24.4. The second-order valence-corrected chi connectivity index (χ2v) is 9.80. The van der Waals surface area contributed by atoms with Gasteiger partial charge in [0.05, 0.1) is 11.0 Å². The fourth-order valence-electron chi connectivity index (χ4n) is 5.95. The maximum absolute atomic E-state index is 13.2. The number of H-pyrrole nitrogens is 1. The van der Waals surface area contributed by atoms with Crippen LogP contribution in [-0.4, -0.2) is 45.6 Å². The van der Waals surface area contributed by atoms with Gasteiger partial charge in [-0.3, -0.25) is 9.69 Å². The lowest BCUT2D eigenvalue weighted by Crippen LogP contribution is -2.45. The van der Waals surface area contributed by atoms with Gasteiger partial charge in [-0.15, -0.1) is 0 Å². The number of hydrogen-bond donors (Lipinski definition) is 2. The number of nitrogens with one attached hydrogen (secondary N) is 2. The van der Waals surface area contributed by atoms with Gasteiger partial charge >= 0.3 is 0 Å². The second kappa shape index (κ2) is 7.61. The maximum Gasteiger partial charge on any atom is 0.255 e. The molecule has 162 valence electrons. The number of hydrogen-bond acceptors (Lipinski definition) is 4. The first-order valence-corrected chi connectivity index (χ1v) is 11.8. The highest BCUT2D eigenvalue weighted by Crippen LogP contribution is 2.32. The Labute approximate surface area is 182 Å². The summed E-state index contributed by atoms with van der Waals surface area (Å²) in [6, 6.07) is 10.6. The molecule has 2 aromatic heterocycles. The van der Waals surface area contributed by atoms with Crippen molar-refractivity contribution in [3.63, 3.8) is 0 Å². The molecule has 0 amide bonds. The molecule has 3 aliphatic rings. The summed E-state index contributed by atoms with van der Waals surface area (Å²) in [7, 11) is 0. The zero-order valence-electron chi connectivity index (χ0n) is 18.2. The Bertz CT molecular complexity index is 1170. The van der Waals surface area contributed by atoms with E-state index in [1.807, 2.05) is 0 Å². The monoisotopic (exact) mass is 417 g/mol. The number of para-hydroxylation sites is 1. The molecule has 0 saturated carbocycles. The number of aromatic amines is 1. The average Bonchev–Trinajstić information content (AvgIpc) is 3.23. The highest BCUT2D eigenvalue weighted by Gasteiger charge is 2.31. The van der Waals surface area contributed by atoms with Crippen LogP contribution in [0, 0.1) is 12.8 Å². The first kappa shape index (κ1) is 19.3. The molecule has 5 heterocycles. The number of piperidine rings is 2. The van der Waals surface area contributed by atoms with E-state index in [-0.39, 0.29) is 5.56 Å². The molecule has 0 radical (unpaired) electrons. The van der Waals surface area contributed by atoms with Crippen LogP contribution in [0.25, 0.3) is 11.0 Å². The maximum atomic E-state index is 13.2. The Balaban J connectivity index is 1.15. The number of aryl methyl sites for hydroxylation is 1. The third-order valence-corrected chi connectivity index (χ3v) is 7.69.